The number of anilines is 2. The van der Waals surface area contributed by atoms with Crippen LogP contribution in [0.25, 0.3) is 11.3 Å². The molecule has 0 amide bonds. The van der Waals surface area contributed by atoms with E-state index in [9.17, 15) is 0 Å². The van der Waals surface area contributed by atoms with Crippen LogP contribution in [0.3, 0.4) is 0 Å². The van der Waals surface area contributed by atoms with Crippen molar-refractivity contribution in [3.05, 3.63) is 66.0 Å². The summed E-state index contributed by atoms with van der Waals surface area (Å²) in [5.74, 6) is 2.40. The summed E-state index contributed by atoms with van der Waals surface area (Å²) in [6.07, 6.45) is 0. The second-order valence-corrected chi connectivity index (χ2v) is 6.77. The maximum Gasteiger partial charge on any atom is 0.130 e. The summed E-state index contributed by atoms with van der Waals surface area (Å²) < 4.78 is 5.32. The van der Waals surface area contributed by atoms with E-state index in [2.05, 4.69) is 57.4 Å². The van der Waals surface area contributed by atoms with Crippen LogP contribution in [0.5, 0.6) is 5.75 Å². The molecule has 0 aliphatic rings. The lowest BCUT2D eigenvalue weighted by Gasteiger charge is -2.17. The average molecular weight is 362 g/mol. The zero-order valence-corrected chi connectivity index (χ0v) is 16.5. The van der Waals surface area contributed by atoms with E-state index in [4.69, 9.17) is 4.74 Å². The second kappa shape index (κ2) is 8.08. The van der Waals surface area contributed by atoms with E-state index >= 15 is 0 Å². The molecule has 3 aromatic rings. The van der Waals surface area contributed by atoms with Gasteiger partial charge >= 0.3 is 0 Å². The molecule has 0 aliphatic heterocycles. The number of hydrogen-bond donors (Lipinski definition) is 1. The average Bonchev–Trinajstić information content (AvgIpc) is 2.67. The summed E-state index contributed by atoms with van der Waals surface area (Å²) in [4.78, 5) is 11.2. The first-order valence-electron chi connectivity index (χ1n) is 9.00. The number of methoxy groups -OCH3 is 1. The Morgan fingerprint density at radius 2 is 1.74 bits per heavy atom. The van der Waals surface area contributed by atoms with E-state index in [1.165, 1.54) is 0 Å². The number of aromatic nitrogens is 2. The highest BCUT2D eigenvalue weighted by Crippen LogP contribution is 2.26. The molecule has 0 unspecified atom stereocenters. The third-order valence-electron chi connectivity index (χ3n) is 4.48. The molecule has 0 radical (unpaired) electrons. The molecule has 0 fully saturated rings. The Morgan fingerprint density at radius 3 is 2.41 bits per heavy atom. The van der Waals surface area contributed by atoms with Crippen molar-refractivity contribution in [2.75, 3.05) is 31.4 Å². The standard InChI is InChI=1S/C22H26N4O/c1-15(18-7-6-8-20(13-18)27-5)23-22-14-21(24-16(2)25-22)17-9-11-19(12-10-17)26(3)4/h6-15H,1-5H3,(H,23,24,25)/t15-/m0/s1. The largest absolute Gasteiger partial charge is 0.497 e. The SMILES string of the molecule is COc1cccc([C@H](C)Nc2cc(-c3ccc(N(C)C)cc3)nc(C)n2)c1. The molecular weight excluding hydrogens is 336 g/mol. The van der Waals surface area contributed by atoms with Gasteiger partial charge in [0.2, 0.25) is 0 Å². The monoisotopic (exact) mass is 362 g/mol. The van der Waals surface area contributed by atoms with Crippen LogP contribution in [-0.4, -0.2) is 31.2 Å². The number of benzene rings is 2. The van der Waals surface area contributed by atoms with Crippen molar-refractivity contribution in [1.29, 1.82) is 0 Å². The molecular formula is C22H26N4O. The van der Waals surface area contributed by atoms with Crippen molar-refractivity contribution >= 4 is 11.5 Å². The van der Waals surface area contributed by atoms with Gasteiger partial charge in [0, 0.05) is 31.4 Å². The minimum absolute atomic E-state index is 0.0957. The van der Waals surface area contributed by atoms with Gasteiger partial charge in [-0.3, -0.25) is 0 Å². The fraction of sp³-hybridized carbons (Fsp3) is 0.273. The van der Waals surface area contributed by atoms with E-state index in [0.29, 0.717) is 0 Å². The van der Waals surface area contributed by atoms with E-state index in [0.717, 1.165) is 39.9 Å². The third-order valence-corrected chi connectivity index (χ3v) is 4.48. The van der Waals surface area contributed by atoms with Gasteiger partial charge in [-0.1, -0.05) is 24.3 Å². The van der Waals surface area contributed by atoms with Gasteiger partial charge in [0.25, 0.3) is 0 Å². The highest BCUT2D eigenvalue weighted by Gasteiger charge is 2.10. The Hall–Kier alpha value is -3.08. The maximum atomic E-state index is 5.32. The van der Waals surface area contributed by atoms with Crippen LogP contribution in [0.2, 0.25) is 0 Å². The molecule has 0 saturated heterocycles. The topological polar surface area (TPSA) is 50.3 Å². The Morgan fingerprint density at radius 1 is 1.00 bits per heavy atom. The lowest BCUT2D eigenvalue weighted by molar-refractivity contribution is 0.414. The molecule has 5 nitrogen and oxygen atoms in total. The predicted molar refractivity (Wildman–Crippen MR) is 112 cm³/mol. The van der Waals surface area contributed by atoms with Crippen molar-refractivity contribution in [2.45, 2.75) is 19.9 Å². The first kappa shape index (κ1) is 18.7. The summed E-state index contributed by atoms with van der Waals surface area (Å²) in [7, 11) is 5.75. The summed E-state index contributed by atoms with van der Waals surface area (Å²) in [5.41, 5.74) is 4.29. The van der Waals surface area contributed by atoms with Gasteiger partial charge in [0.1, 0.15) is 17.4 Å². The highest BCUT2D eigenvalue weighted by atomic mass is 16.5. The normalized spacial score (nSPS) is 11.7. The molecule has 140 valence electrons. The minimum atomic E-state index is 0.0957. The van der Waals surface area contributed by atoms with Gasteiger partial charge in [0.15, 0.2) is 0 Å². The van der Waals surface area contributed by atoms with Crippen molar-refractivity contribution in [1.82, 2.24) is 9.97 Å². The quantitative estimate of drug-likeness (QED) is 0.689. The van der Waals surface area contributed by atoms with E-state index in [1.54, 1.807) is 7.11 Å². The van der Waals surface area contributed by atoms with Crippen LogP contribution >= 0.6 is 0 Å². The summed E-state index contributed by atoms with van der Waals surface area (Å²) in [5, 5.41) is 3.48. The Balaban J connectivity index is 1.84. The maximum absolute atomic E-state index is 5.32. The highest BCUT2D eigenvalue weighted by molar-refractivity contribution is 5.65. The molecule has 0 aliphatic carbocycles. The number of aryl methyl sites for hydroxylation is 1. The number of hydrogen-bond acceptors (Lipinski definition) is 5. The summed E-state index contributed by atoms with van der Waals surface area (Å²) in [6, 6.07) is 18.5. The van der Waals surface area contributed by atoms with Crippen LogP contribution in [0.15, 0.2) is 54.6 Å². The van der Waals surface area contributed by atoms with E-state index < -0.39 is 0 Å². The van der Waals surface area contributed by atoms with Gasteiger partial charge in [-0.25, -0.2) is 9.97 Å². The number of nitrogens with one attached hydrogen (secondary N) is 1. The molecule has 1 aromatic heterocycles. The molecule has 1 heterocycles. The van der Waals surface area contributed by atoms with E-state index in [1.807, 2.05) is 45.3 Å². The fourth-order valence-corrected chi connectivity index (χ4v) is 2.94. The molecule has 3 rings (SSSR count). The van der Waals surface area contributed by atoms with Crippen molar-refractivity contribution in [3.63, 3.8) is 0 Å². The van der Waals surface area contributed by atoms with Gasteiger partial charge in [-0.15, -0.1) is 0 Å². The molecule has 2 aromatic carbocycles. The smallest absolute Gasteiger partial charge is 0.130 e. The van der Waals surface area contributed by atoms with Gasteiger partial charge < -0.3 is 15.0 Å². The predicted octanol–water partition coefficient (Wildman–Crippen LogP) is 4.70. The van der Waals surface area contributed by atoms with Crippen molar-refractivity contribution in [2.24, 2.45) is 0 Å². The first-order valence-corrected chi connectivity index (χ1v) is 9.00. The molecule has 0 spiro atoms. The summed E-state index contributed by atoms with van der Waals surface area (Å²) >= 11 is 0. The molecule has 0 saturated carbocycles. The van der Waals surface area contributed by atoms with Gasteiger partial charge in [-0.05, 0) is 43.7 Å². The minimum Gasteiger partial charge on any atom is -0.497 e. The number of ether oxygens (including phenoxy) is 1. The molecule has 27 heavy (non-hydrogen) atoms. The second-order valence-electron chi connectivity index (χ2n) is 6.77. The van der Waals surface area contributed by atoms with Gasteiger partial charge in [0.05, 0.1) is 18.8 Å². The lowest BCUT2D eigenvalue weighted by Crippen LogP contribution is -2.09. The zero-order chi connectivity index (χ0) is 19.4. The first-order chi connectivity index (χ1) is 13.0. The fourth-order valence-electron chi connectivity index (χ4n) is 2.94. The summed E-state index contributed by atoms with van der Waals surface area (Å²) in [6.45, 7) is 4.02. The van der Waals surface area contributed by atoms with Crippen LogP contribution in [-0.2, 0) is 0 Å². The lowest BCUT2D eigenvalue weighted by atomic mass is 10.1. The van der Waals surface area contributed by atoms with Crippen LogP contribution in [0, 0.1) is 6.92 Å². The van der Waals surface area contributed by atoms with Crippen LogP contribution in [0.4, 0.5) is 11.5 Å². The Bertz CT molecular complexity index is 906. The van der Waals surface area contributed by atoms with Crippen LogP contribution in [0.1, 0.15) is 24.4 Å². The van der Waals surface area contributed by atoms with E-state index in [-0.39, 0.29) is 6.04 Å². The Labute approximate surface area is 161 Å². The molecule has 5 heteroatoms. The number of nitrogens with zero attached hydrogens (tertiary/aromatic N) is 3. The van der Waals surface area contributed by atoms with Gasteiger partial charge in [-0.2, -0.15) is 0 Å². The third kappa shape index (κ3) is 4.56. The van der Waals surface area contributed by atoms with Crippen molar-refractivity contribution in [3.8, 4) is 17.0 Å². The zero-order valence-electron chi connectivity index (χ0n) is 16.5. The van der Waals surface area contributed by atoms with Crippen LogP contribution < -0.4 is 15.0 Å². The molecule has 0 bridgehead atoms. The number of rotatable bonds is 6. The van der Waals surface area contributed by atoms with Crippen molar-refractivity contribution < 1.29 is 4.74 Å². The molecule has 1 atom stereocenters. The Kier molecular flexibility index (Phi) is 5.60. The molecule has 1 N–H and O–H groups in total.